The smallest absolute Gasteiger partial charge is 0.0612 e. The Kier molecular flexibility index (Phi) is 7.20. The topological polar surface area (TPSA) is 55.5 Å². The van der Waals surface area contributed by atoms with E-state index in [0.717, 1.165) is 32.3 Å². The number of unbranched alkanes of at least 4 members (excludes halogenated alkanes) is 1. The zero-order chi connectivity index (χ0) is 13.4. The van der Waals surface area contributed by atoms with Crippen molar-refractivity contribution in [1.29, 1.82) is 0 Å². The quantitative estimate of drug-likeness (QED) is 0.703. The zero-order valence-corrected chi connectivity index (χ0v) is 12.2. The molecule has 1 aliphatic rings. The Morgan fingerprint density at radius 2 is 2.22 bits per heavy atom. The molecule has 1 saturated carbocycles. The Hall–Kier alpha value is -0.120. The normalized spacial score (nSPS) is 30.3. The lowest BCUT2D eigenvalue weighted by Gasteiger charge is -2.36. The molecule has 0 spiro atoms. The molecule has 1 rings (SSSR count). The Morgan fingerprint density at radius 1 is 1.44 bits per heavy atom. The van der Waals surface area contributed by atoms with Crippen LogP contribution in [0.3, 0.4) is 0 Å². The summed E-state index contributed by atoms with van der Waals surface area (Å²) in [5.41, 5.74) is 5.74. The maximum atomic E-state index is 9.33. The molecule has 3 atom stereocenters. The maximum Gasteiger partial charge on any atom is 0.0612 e. The number of ether oxygens (including phenoxy) is 1. The van der Waals surface area contributed by atoms with E-state index in [4.69, 9.17) is 10.5 Å². The number of nitrogens with two attached hydrogens (primary N) is 1. The van der Waals surface area contributed by atoms with Crippen LogP contribution in [0.1, 0.15) is 65.2 Å². The predicted octanol–water partition coefficient (Wildman–Crippen LogP) is 2.85. The van der Waals surface area contributed by atoms with E-state index in [9.17, 15) is 5.11 Å². The molecule has 108 valence electrons. The lowest BCUT2D eigenvalue weighted by molar-refractivity contribution is -0.0218. The maximum absolute atomic E-state index is 9.33. The van der Waals surface area contributed by atoms with Gasteiger partial charge in [0.15, 0.2) is 0 Å². The van der Waals surface area contributed by atoms with Crippen LogP contribution in [-0.4, -0.2) is 30.0 Å². The number of aliphatic hydroxyl groups excluding tert-OH is 1. The Morgan fingerprint density at radius 3 is 2.83 bits per heavy atom. The van der Waals surface area contributed by atoms with Crippen molar-refractivity contribution in [2.24, 2.45) is 11.7 Å². The Balaban J connectivity index is 2.29. The highest BCUT2D eigenvalue weighted by Gasteiger charge is 2.32. The molecule has 0 radical (unpaired) electrons. The van der Waals surface area contributed by atoms with Crippen LogP contribution in [-0.2, 0) is 4.74 Å². The fourth-order valence-electron chi connectivity index (χ4n) is 2.80. The highest BCUT2D eigenvalue weighted by atomic mass is 16.5. The van der Waals surface area contributed by atoms with E-state index < -0.39 is 5.54 Å². The molecule has 1 fully saturated rings. The SMILES string of the molecule is CCCCC(CC)COC1CCCC(N)(CO)C1. The fraction of sp³-hybridized carbons (Fsp3) is 1.00. The van der Waals surface area contributed by atoms with Crippen molar-refractivity contribution >= 4 is 0 Å². The summed E-state index contributed by atoms with van der Waals surface area (Å²) in [6.07, 6.45) is 9.20. The summed E-state index contributed by atoms with van der Waals surface area (Å²) in [5, 5.41) is 9.33. The van der Waals surface area contributed by atoms with Gasteiger partial charge in [0, 0.05) is 12.1 Å². The van der Waals surface area contributed by atoms with Crippen LogP contribution < -0.4 is 5.73 Å². The first-order valence-corrected chi connectivity index (χ1v) is 7.65. The van der Waals surface area contributed by atoms with E-state index >= 15 is 0 Å². The van der Waals surface area contributed by atoms with Crippen LogP contribution in [0.25, 0.3) is 0 Å². The third-order valence-electron chi connectivity index (χ3n) is 4.26. The lowest BCUT2D eigenvalue weighted by Crippen LogP contribution is -2.49. The van der Waals surface area contributed by atoms with Crippen molar-refractivity contribution in [3.63, 3.8) is 0 Å². The molecule has 3 nitrogen and oxygen atoms in total. The second kappa shape index (κ2) is 8.13. The summed E-state index contributed by atoms with van der Waals surface area (Å²) < 4.78 is 6.04. The van der Waals surface area contributed by atoms with E-state index in [0.29, 0.717) is 5.92 Å². The molecule has 3 heteroatoms. The van der Waals surface area contributed by atoms with Gasteiger partial charge < -0.3 is 15.6 Å². The summed E-state index contributed by atoms with van der Waals surface area (Å²) >= 11 is 0. The Labute approximate surface area is 112 Å². The third-order valence-corrected chi connectivity index (χ3v) is 4.26. The molecule has 3 unspecified atom stereocenters. The largest absolute Gasteiger partial charge is 0.394 e. The second-order valence-corrected chi connectivity index (χ2v) is 5.99. The predicted molar refractivity (Wildman–Crippen MR) is 75.5 cm³/mol. The number of hydrogen-bond donors (Lipinski definition) is 2. The summed E-state index contributed by atoms with van der Waals surface area (Å²) in [6.45, 7) is 5.42. The summed E-state index contributed by atoms with van der Waals surface area (Å²) in [7, 11) is 0. The van der Waals surface area contributed by atoms with Crippen LogP contribution in [0, 0.1) is 5.92 Å². The van der Waals surface area contributed by atoms with Crippen molar-refractivity contribution in [2.45, 2.75) is 76.9 Å². The van der Waals surface area contributed by atoms with E-state index in [1.54, 1.807) is 0 Å². The molecule has 1 aliphatic carbocycles. The Bertz CT molecular complexity index is 223. The van der Waals surface area contributed by atoms with Gasteiger partial charge in [0.25, 0.3) is 0 Å². The number of aliphatic hydroxyl groups is 1. The molecular weight excluding hydrogens is 226 g/mol. The first kappa shape index (κ1) is 15.9. The van der Waals surface area contributed by atoms with Gasteiger partial charge in [0.1, 0.15) is 0 Å². The molecule has 0 bridgehead atoms. The lowest BCUT2D eigenvalue weighted by atomic mass is 9.81. The zero-order valence-electron chi connectivity index (χ0n) is 12.2. The monoisotopic (exact) mass is 257 g/mol. The number of rotatable bonds is 8. The molecule has 0 aromatic carbocycles. The van der Waals surface area contributed by atoms with Crippen LogP contribution in [0.5, 0.6) is 0 Å². The summed E-state index contributed by atoms with van der Waals surface area (Å²) in [4.78, 5) is 0. The highest BCUT2D eigenvalue weighted by molar-refractivity contribution is 4.90. The van der Waals surface area contributed by atoms with Crippen LogP contribution in [0.15, 0.2) is 0 Å². The van der Waals surface area contributed by atoms with Gasteiger partial charge in [0.05, 0.1) is 12.7 Å². The molecular formula is C15H31NO2. The molecule has 0 saturated heterocycles. The molecule has 0 aromatic rings. The minimum absolute atomic E-state index is 0.0832. The van der Waals surface area contributed by atoms with Gasteiger partial charge in [-0.1, -0.05) is 33.1 Å². The molecule has 0 heterocycles. The van der Waals surface area contributed by atoms with E-state index in [1.807, 2.05) is 0 Å². The fourth-order valence-corrected chi connectivity index (χ4v) is 2.80. The van der Waals surface area contributed by atoms with E-state index in [-0.39, 0.29) is 12.7 Å². The minimum atomic E-state index is -0.395. The van der Waals surface area contributed by atoms with E-state index in [2.05, 4.69) is 13.8 Å². The summed E-state index contributed by atoms with van der Waals surface area (Å²) in [6, 6.07) is 0. The number of hydrogen-bond acceptors (Lipinski definition) is 3. The van der Waals surface area contributed by atoms with Gasteiger partial charge in [-0.3, -0.25) is 0 Å². The van der Waals surface area contributed by atoms with Crippen molar-refractivity contribution in [3.05, 3.63) is 0 Å². The molecule has 0 amide bonds. The first-order valence-electron chi connectivity index (χ1n) is 7.65. The molecule has 3 N–H and O–H groups in total. The third kappa shape index (κ3) is 5.25. The second-order valence-electron chi connectivity index (χ2n) is 5.99. The van der Waals surface area contributed by atoms with Crippen LogP contribution >= 0.6 is 0 Å². The van der Waals surface area contributed by atoms with Crippen molar-refractivity contribution in [3.8, 4) is 0 Å². The molecule has 18 heavy (non-hydrogen) atoms. The van der Waals surface area contributed by atoms with Crippen molar-refractivity contribution in [1.82, 2.24) is 0 Å². The van der Waals surface area contributed by atoms with Gasteiger partial charge in [-0.2, -0.15) is 0 Å². The van der Waals surface area contributed by atoms with Crippen LogP contribution in [0.4, 0.5) is 0 Å². The van der Waals surface area contributed by atoms with Crippen molar-refractivity contribution in [2.75, 3.05) is 13.2 Å². The van der Waals surface area contributed by atoms with Gasteiger partial charge in [-0.15, -0.1) is 0 Å². The van der Waals surface area contributed by atoms with Gasteiger partial charge in [-0.05, 0) is 38.0 Å². The van der Waals surface area contributed by atoms with Gasteiger partial charge in [-0.25, -0.2) is 0 Å². The highest BCUT2D eigenvalue weighted by Crippen LogP contribution is 2.28. The van der Waals surface area contributed by atoms with Crippen molar-refractivity contribution < 1.29 is 9.84 Å². The standard InChI is InChI=1S/C15H31NO2/c1-3-5-7-13(4-2)11-18-14-8-6-9-15(16,10-14)12-17/h13-14,17H,3-12,16H2,1-2H3. The average molecular weight is 257 g/mol. The minimum Gasteiger partial charge on any atom is -0.394 e. The average Bonchev–Trinajstić information content (AvgIpc) is 2.39. The molecule has 0 aromatic heterocycles. The first-order chi connectivity index (χ1) is 8.63. The van der Waals surface area contributed by atoms with Gasteiger partial charge >= 0.3 is 0 Å². The summed E-state index contributed by atoms with van der Waals surface area (Å²) in [5.74, 6) is 0.688. The van der Waals surface area contributed by atoms with Crippen LogP contribution in [0.2, 0.25) is 0 Å². The van der Waals surface area contributed by atoms with Gasteiger partial charge in [0.2, 0.25) is 0 Å². The van der Waals surface area contributed by atoms with E-state index in [1.165, 1.54) is 25.7 Å². The molecule has 0 aliphatic heterocycles.